The molecule has 3 N–H and O–H groups in total. The number of nitrogens with zero attached hydrogens (tertiary/aromatic N) is 2. The Balaban J connectivity index is 2.17. The topological polar surface area (TPSA) is 72.9 Å². The van der Waals surface area contributed by atoms with E-state index in [0.717, 1.165) is 5.69 Å². The number of carbonyl (C=O) groups is 1. The van der Waals surface area contributed by atoms with Crippen LogP contribution in [-0.4, -0.2) is 27.8 Å². The van der Waals surface area contributed by atoms with Gasteiger partial charge in [0.05, 0.1) is 23.0 Å². The first kappa shape index (κ1) is 16.5. The molecule has 0 aliphatic carbocycles. The molecule has 0 aliphatic rings. The molecule has 0 spiro atoms. The lowest BCUT2D eigenvalue weighted by Crippen LogP contribution is -2.54. The molecule has 1 unspecified atom stereocenters. The Hall–Kier alpha value is -1.85. The molecule has 0 radical (unpaired) electrons. The van der Waals surface area contributed by atoms with E-state index in [1.165, 1.54) is 0 Å². The summed E-state index contributed by atoms with van der Waals surface area (Å²) in [5.41, 5.74) is 6.69. The van der Waals surface area contributed by atoms with Gasteiger partial charge in [-0.1, -0.05) is 25.4 Å². The number of carbonyl (C=O) groups excluding carboxylic acids is 1. The van der Waals surface area contributed by atoms with Crippen LogP contribution in [0, 0.1) is 5.92 Å². The molecular formula is C16H21ClN4O. The van der Waals surface area contributed by atoms with Gasteiger partial charge < -0.3 is 11.1 Å². The van der Waals surface area contributed by atoms with Crippen LogP contribution >= 0.6 is 11.6 Å². The predicted octanol–water partition coefficient (Wildman–Crippen LogP) is 2.63. The van der Waals surface area contributed by atoms with E-state index in [9.17, 15) is 4.79 Å². The highest BCUT2D eigenvalue weighted by atomic mass is 35.5. The highest BCUT2D eigenvalue weighted by Crippen LogP contribution is 2.17. The van der Waals surface area contributed by atoms with Crippen molar-refractivity contribution in [1.29, 1.82) is 0 Å². The Bertz CT molecular complexity index is 650. The van der Waals surface area contributed by atoms with E-state index in [1.807, 2.05) is 32.9 Å². The van der Waals surface area contributed by atoms with Gasteiger partial charge in [0.15, 0.2) is 0 Å². The zero-order chi connectivity index (χ0) is 16.3. The van der Waals surface area contributed by atoms with Gasteiger partial charge in [0.2, 0.25) is 0 Å². The Morgan fingerprint density at radius 3 is 2.59 bits per heavy atom. The largest absolute Gasteiger partial charge is 0.345 e. The van der Waals surface area contributed by atoms with Crippen molar-refractivity contribution in [2.45, 2.75) is 26.3 Å². The number of halogens is 1. The summed E-state index contributed by atoms with van der Waals surface area (Å²) in [6.45, 7) is 6.38. The second-order valence-electron chi connectivity index (χ2n) is 5.88. The minimum atomic E-state index is -0.445. The molecule has 1 aromatic heterocycles. The lowest BCUT2D eigenvalue weighted by molar-refractivity contribution is 0.0883. The summed E-state index contributed by atoms with van der Waals surface area (Å²) in [5.74, 6) is 0.0506. The summed E-state index contributed by atoms with van der Waals surface area (Å²) in [4.78, 5) is 12.4. The average Bonchev–Trinajstić information content (AvgIpc) is 2.97. The fourth-order valence-corrected chi connectivity index (χ4v) is 2.06. The van der Waals surface area contributed by atoms with E-state index in [4.69, 9.17) is 17.3 Å². The molecule has 1 heterocycles. The number of nitrogens with two attached hydrogens (primary N) is 1. The Morgan fingerprint density at radius 2 is 2.05 bits per heavy atom. The average molecular weight is 321 g/mol. The highest BCUT2D eigenvalue weighted by Gasteiger charge is 2.29. The summed E-state index contributed by atoms with van der Waals surface area (Å²) in [7, 11) is 0. The second-order valence-corrected chi connectivity index (χ2v) is 6.32. The van der Waals surface area contributed by atoms with E-state index < -0.39 is 5.54 Å². The van der Waals surface area contributed by atoms with Gasteiger partial charge in [-0.2, -0.15) is 5.10 Å². The summed E-state index contributed by atoms with van der Waals surface area (Å²) in [6.07, 6.45) is 3.23. The molecule has 0 aliphatic heterocycles. The van der Waals surface area contributed by atoms with Gasteiger partial charge in [0, 0.05) is 17.8 Å². The molecule has 2 rings (SSSR count). The molecule has 1 atom stereocenters. The zero-order valence-electron chi connectivity index (χ0n) is 13.0. The van der Waals surface area contributed by atoms with Crippen molar-refractivity contribution in [2.24, 2.45) is 11.7 Å². The molecule has 1 aromatic carbocycles. The molecule has 0 fully saturated rings. The molecule has 0 bridgehead atoms. The molecule has 6 heteroatoms. The lowest BCUT2D eigenvalue weighted by atomic mass is 9.88. The van der Waals surface area contributed by atoms with Crippen molar-refractivity contribution in [3.63, 3.8) is 0 Å². The molecule has 1 amide bonds. The van der Waals surface area contributed by atoms with E-state index in [-0.39, 0.29) is 11.8 Å². The first-order valence-corrected chi connectivity index (χ1v) is 7.56. The van der Waals surface area contributed by atoms with Crippen LogP contribution in [0.5, 0.6) is 0 Å². The Labute approximate surface area is 135 Å². The molecule has 118 valence electrons. The van der Waals surface area contributed by atoms with Crippen LogP contribution in [0.15, 0.2) is 36.7 Å². The van der Waals surface area contributed by atoms with E-state index in [0.29, 0.717) is 17.1 Å². The molecule has 0 saturated heterocycles. The highest BCUT2D eigenvalue weighted by molar-refractivity contribution is 6.30. The fourth-order valence-electron chi connectivity index (χ4n) is 1.94. The third-order valence-corrected chi connectivity index (χ3v) is 4.29. The minimum Gasteiger partial charge on any atom is -0.345 e. The van der Waals surface area contributed by atoms with Crippen LogP contribution in [0.1, 0.15) is 31.1 Å². The van der Waals surface area contributed by atoms with Crippen molar-refractivity contribution in [3.8, 4) is 5.69 Å². The molecule has 0 saturated carbocycles. The second kappa shape index (κ2) is 6.50. The first-order valence-electron chi connectivity index (χ1n) is 7.19. The van der Waals surface area contributed by atoms with Crippen molar-refractivity contribution < 1.29 is 4.79 Å². The molecular weight excluding hydrogens is 300 g/mol. The normalized spacial score (nSPS) is 13.9. The zero-order valence-corrected chi connectivity index (χ0v) is 13.8. The van der Waals surface area contributed by atoms with Crippen molar-refractivity contribution in [2.75, 3.05) is 6.54 Å². The van der Waals surface area contributed by atoms with Gasteiger partial charge in [-0.05, 0) is 37.1 Å². The van der Waals surface area contributed by atoms with Crippen LogP contribution in [0.25, 0.3) is 5.69 Å². The van der Waals surface area contributed by atoms with Gasteiger partial charge in [0.25, 0.3) is 5.91 Å². The summed E-state index contributed by atoms with van der Waals surface area (Å²) < 4.78 is 1.64. The smallest absolute Gasteiger partial charge is 0.254 e. The maximum atomic E-state index is 12.4. The maximum Gasteiger partial charge on any atom is 0.254 e. The summed E-state index contributed by atoms with van der Waals surface area (Å²) in [5, 5.41) is 7.87. The number of benzene rings is 1. The van der Waals surface area contributed by atoms with Crippen LogP contribution in [-0.2, 0) is 0 Å². The lowest BCUT2D eigenvalue weighted by Gasteiger charge is -2.33. The minimum absolute atomic E-state index is 0.179. The summed E-state index contributed by atoms with van der Waals surface area (Å²) >= 11 is 5.87. The quantitative estimate of drug-likeness (QED) is 0.889. The van der Waals surface area contributed by atoms with Crippen LogP contribution < -0.4 is 11.1 Å². The van der Waals surface area contributed by atoms with Crippen molar-refractivity contribution >= 4 is 17.5 Å². The van der Waals surface area contributed by atoms with Crippen molar-refractivity contribution in [3.05, 3.63) is 47.2 Å². The predicted molar refractivity (Wildman–Crippen MR) is 88.3 cm³/mol. The van der Waals surface area contributed by atoms with Gasteiger partial charge in [-0.3, -0.25) is 4.79 Å². The van der Waals surface area contributed by atoms with Crippen LogP contribution in [0.3, 0.4) is 0 Å². The number of hydrogen-bond acceptors (Lipinski definition) is 3. The number of aromatic nitrogens is 2. The van der Waals surface area contributed by atoms with Gasteiger partial charge >= 0.3 is 0 Å². The van der Waals surface area contributed by atoms with E-state index >= 15 is 0 Å². The van der Waals surface area contributed by atoms with Crippen molar-refractivity contribution in [1.82, 2.24) is 15.1 Å². The Kier molecular flexibility index (Phi) is 4.88. The van der Waals surface area contributed by atoms with Gasteiger partial charge in [0.1, 0.15) is 0 Å². The molecule has 22 heavy (non-hydrogen) atoms. The van der Waals surface area contributed by atoms with Gasteiger partial charge in [-0.15, -0.1) is 0 Å². The maximum absolute atomic E-state index is 12.4. The SMILES string of the molecule is CC(C)C(C)(CN)NC(=O)c1cnn(-c2ccc(Cl)cc2)c1. The first-order chi connectivity index (χ1) is 10.4. The monoisotopic (exact) mass is 320 g/mol. The summed E-state index contributed by atoms with van der Waals surface area (Å²) in [6, 6.07) is 7.25. The van der Waals surface area contributed by atoms with Gasteiger partial charge in [-0.25, -0.2) is 4.68 Å². The number of nitrogens with one attached hydrogen (secondary N) is 1. The van der Waals surface area contributed by atoms with Crippen LogP contribution in [0.2, 0.25) is 5.02 Å². The van der Waals surface area contributed by atoms with E-state index in [1.54, 1.807) is 29.2 Å². The van der Waals surface area contributed by atoms with Crippen LogP contribution in [0.4, 0.5) is 0 Å². The third-order valence-electron chi connectivity index (χ3n) is 4.03. The van der Waals surface area contributed by atoms with E-state index in [2.05, 4.69) is 10.4 Å². The third kappa shape index (κ3) is 3.48. The fraction of sp³-hybridized carbons (Fsp3) is 0.375. The number of rotatable bonds is 5. The number of amides is 1. The Morgan fingerprint density at radius 1 is 1.41 bits per heavy atom. The number of hydrogen-bond donors (Lipinski definition) is 2. The molecule has 2 aromatic rings. The standard InChI is InChI=1S/C16H21ClN4O/c1-11(2)16(3,10-18)20-15(22)12-8-19-21(9-12)14-6-4-13(17)5-7-14/h4-9,11H,10,18H2,1-3H3,(H,20,22). The molecule has 5 nitrogen and oxygen atoms in total.